The maximum Gasteiger partial charge on any atom is 0.224 e. The number of fused-ring (bicyclic) bond motifs is 1. The van der Waals surface area contributed by atoms with E-state index in [2.05, 4.69) is 16.7 Å². The lowest BCUT2D eigenvalue weighted by Gasteiger charge is -2.13. The Kier molecular flexibility index (Phi) is 5.14. The lowest BCUT2D eigenvalue weighted by Crippen LogP contribution is -2.19. The zero-order chi connectivity index (χ0) is 18.8. The molecule has 0 aliphatic heterocycles. The summed E-state index contributed by atoms with van der Waals surface area (Å²) in [6.45, 7) is 0. The zero-order valence-corrected chi connectivity index (χ0v) is 16.6. The van der Waals surface area contributed by atoms with Gasteiger partial charge in [-0.15, -0.1) is 11.3 Å². The van der Waals surface area contributed by atoms with Crippen LogP contribution in [0.3, 0.4) is 0 Å². The van der Waals surface area contributed by atoms with E-state index in [0.717, 1.165) is 51.1 Å². The number of anilines is 2. The van der Waals surface area contributed by atoms with Gasteiger partial charge in [0.2, 0.25) is 5.91 Å². The molecule has 1 amide bonds. The first kappa shape index (κ1) is 18.0. The Labute approximate surface area is 167 Å². The van der Waals surface area contributed by atoms with Crippen molar-refractivity contribution in [3.05, 3.63) is 63.6 Å². The highest BCUT2D eigenvalue weighted by Crippen LogP contribution is 2.36. The second kappa shape index (κ2) is 7.71. The van der Waals surface area contributed by atoms with E-state index in [1.807, 2.05) is 36.4 Å². The smallest absolute Gasteiger partial charge is 0.224 e. The normalized spacial score (nSPS) is 12.7. The van der Waals surface area contributed by atoms with Gasteiger partial charge in [-0.1, -0.05) is 23.7 Å². The number of amides is 1. The molecule has 2 heterocycles. The molecular formula is C21H20ClN3OS. The van der Waals surface area contributed by atoms with Gasteiger partial charge in [0.25, 0.3) is 0 Å². The predicted molar refractivity (Wildman–Crippen MR) is 112 cm³/mol. The Bertz CT molecular complexity index is 982. The topological polar surface area (TPSA) is 54.0 Å². The molecule has 138 valence electrons. The van der Waals surface area contributed by atoms with Gasteiger partial charge in [0.15, 0.2) is 0 Å². The molecule has 1 aliphatic rings. The number of carbonyl (C=O) groups is 1. The van der Waals surface area contributed by atoms with Gasteiger partial charge in [0.05, 0.1) is 21.3 Å². The molecule has 0 fully saturated rings. The predicted octanol–water partition coefficient (Wildman–Crippen LogP) is 4.98. The van der Waals surface area contributed by atoms with Crippen molar-refractivity contribution in [3.8, 4) is 10.6 Å². The number of rotatable bonds is 5. The summed E-state index contributed by atoms with van der Waals surface area (Å²) in [5.41, 5.74) is 6.55. The number of likely N-dealkylation sites (N-methyl/N-ethyl adjacent to an activating group) is 1. The van der Waals surface area contributed by atoms with Crippen LogP contribution in [0.1, 0.15) is 23.2 Å². The van der Waals surface area contributed by atoms with Crippen LogP contribution in [-0.4, -0.2) is 17.9 Å². The first-order chi connectivity index (χ1) is 13.1. The van der Waals surface area contributed by atoms with Crippen LogP contribution < -0.4 is 10.6 Å². The number of nitrogens with zero attached hydrogens (tertiary/aromatic N) is 1. The van der Waals surface area contributed by atoms with E-state index < -0.39 is 0 Å². The number of nitrogens with one attached hydrogen (secondary N) is 2. The summed E-state index contributed by atoms with van der Waals surface area (Å²) < 4.78 is 0.772. The maximum atomic E-state index is 11.5. The number of carbonyl (C=O) groups excluding carboxylic acids is 1. The molecule has 4 rings (SSSR count). The Morgan fingerprint density at radius 1 is 1.19 bits per heavy atom. The largest absolute Gasteiger partial charge is 0.359 e. The minimum Gasteiger partial charge on any atom is -0.359 e. The highest BCUT2D eigenvalue weighted by atomic mass is 35.5. The van der Waals surface area contributed by atoms with Crippen molar-refractivity contribution >= 4 is 40.2 Å². The van der Waals surface area contributed by atoms with Crippen molar-refractivity contribution in [1.82, 2.24) is 10.3 Å². The van der Waals surface area contributed by atoms with Crippen LogP contribution in [-0.2, 0) is 24.1 Å². The van der Waals surface area contributed by atoms with Crippen molar-refractivity contribution in [2.75, 3.05) is 12.4 Å². The van der Waals surface area contributed by atoms with Crippen LogP contribution in [0.4, 0.5) is 11.4 Å². The fourth-order valence-corrected chi connectivity index (χ4v) is 4.37. The number of thiophene rings is 1. The van der Waals surface area contributed by atoms with Gasteiger partial charge in [-0.25, -0.2) is 0 Å². The van der Waals surface area contributed by atoms with Crippen molar-refractivity contribution in [3.63, 3.8) is 0 Å². The lowest BCUT2D eigenvalue weighted by molar-refractivity contribution is -0.119. The summed E-state index contributed by atoms with van der Waals surface area (Å²) in [5.74, 6) is 0.0157. The van der Waals surface area contributed by atoms with Crippen molar-refractivity contribution in [2.24, 2.45) is 0 Å². The van der Waals surface area contributed by atoms with Gasteiger partial charge < -0.3 is 10.6 Å². The number of aromatic nitrogens is 1. The van der Waals surface area contributed by atoms with Crippen molar-refractivity contribution in [1.29, 1.82) is 0 Å². The molecule has 0 unspecified atom stereocenters. The molecule has 3 aromatic rings. The van der Waals surface area contributed by atoms with E-state index in [9.17, 15) is 4.79 Å². The summed E-state index contributed by atoms with van der Waals surface area (Å²) in [7, 11) is 1.65. The average molecular weight is 398 g/mol. The fourth-order valence-electron chi connectivity index (χ4n) is 3.37. The molecule has 0 saturated heterocycles. The van der Waals surface area contributed by atoms with E-state index >= 15 is 0 Å². The molecule has 4 nitrogen and oxygen atoms in total. The van der Waals surface area contributed by atoms with Gasteiger partial charge in [0, 0.05) is 24.1 Å². The minimum absolute atomic E-state index is 0.0157. The molecule has 1 aliphatic carbocycles. The third kappa shape index (κ3) is 3.99. The van der Waals surface area contributed by atoms with Gasteiger partial charge in [-0.05, 0) is 60.7 Å². The highest BCUT2D eigenvalue weighted by molar-refractivity contribution is 7.19. The standard InChI is InChI=1S/C21H20ClN3OS/c1-23-21(26)11-13-5-7-14(8-6-13)24-17-12-18(19-9-10-20(22)27-19)25-16-4-2-3-15(16)17/h5-10,12H,2-4,11H2,1H3,(H,23,26)(H,24,25). The van der Waals surface area contributed by atoms with Gasteiger partial charge in [0.1, 0.15) is 0 Å². The van der Waals surface area contributed by atoms with E-state index in [1.54, 1.807) is 18.4 Å². The summed E-state index contributed by atoms with van der Waals surface area (Å²) in [5, 5.41) is 6.20. The molecule has 1 aromatic carbocycles. The highest BCUT2D eigenvalue weighted by Gasteiger charge is 2.19. The number of benzene rings is 1. The third-order valence-electron chi connectivity index (χ3n) is 4.75. The Balaban J connectivity index is 1.61. The molecule has 0 spiro atoms. The first-order valence-corrected chi connectivity index (χ1v) is 10.2. The summed E-state index contributed by atoms with van der Waals surface area (Å²) >= 11 is 7.65. The zero-order valence-electron chi connectivity index (χ0n) is 15.0. The van der Waals surface area contributed by atoms with Gasteiger partial charge in [-0.3, -0.25) is 9.78 Å². The number of pyridine rings is 1. The van der Waals surface area contributed by atoms with Crippen molar-refractivity contribution in [2.45, 2.75) is 25.7 Å². The Hall–Kier alpha value is -2.37. The van der Waals surface area contributed by atoms with E-state index in [0.29, 0.717) is 6.42 Å². The molecule has 2 aromatic heterocycles. The maximum absolute atomic E-state index is 11.5. The van der Waals surface area contributed by atoms with Crippen LogP contribution in [0.5, 0.6) is 0 Å². The van der Waals surface area contributed by atoms with Crippen LogP contribution in [0.2, 0.25) is 4.34 Å². The third-order valence-corrected chi connectivity index (χ3v) is 6.01. The number of hydrogen-bond acceptors (Lipinski definition) is 4. The number of hydrogen-bond donors (Lipinski definition) is 2. The second-order valence-corrected chi connectivity index (χ2v) is 8.32. The fraction of sp³-hybridized carbons (Fsp3) is 0.238. The quantitative estimate of drug-likeness (QED) is 0.638. The molecular weight excluding hydrogens is 378 g/mol. The Morgan fingerprint density at radius 3 is 2.70 bits per heavy atom. The molecule has 0 atom stereocenters. The summed E-state index contributed by atoms with van der Waals surface area (Å²) in [4.78, 5) is 17.5. The van der Waals surface area contributed by atoms with Crippen LogP contribution >= 0.6 is 22.9 Å². The monoisotopic (exact) mass is 397 g/mol. The van der Waals surface area contributed by atoms with Crippen molar-refractivity contribution < 1.29 is 4.79 Å². The van der Waals surface area contributed by atoms with E-state index in [4.69, 9.17) is 16.6 Å². The first-order valence-electron chi connectivity index (χ1n) is 8.97. The average Bonchev–Trinajstić information content (AvgIpc) is 3.32. The molecule has 0 radical (unpaired) electrons. The molecule has 0 bridgehead atoms. The van der Waals surface area contributed by atoms with Gasteiger partial charge in [-0.2, -0.15) is 0 Å². The molecule has 27 heavy (non-hydrogen) atoms. The molecule has 0 saturated carbocycles. The minimum atomic E-state index is 0.0157. The van der Waals surface area contributed by atoms with Gasteiger partial charge >= 0.3 is 0 Å². The molecule has 2 N–H and O–H groups in total. The van der Waals surface area contributed by atoms with Crippen LogP contribution in [0.15, 0.2) is 42.5 Å². The van der Waals surface area contributed by atoms with Crippen LogP contribution in [0.25, 0.3) is 10.6 Å². The summed E-state index contributed by atoms with van der Waals surface area (Å²) in [6, 6.07) is 14.1. The summed E-state index contributed by atoms with van der Waals surface area (Å²) in [6.07, 6.45) is 3.59. The number of aryl methyl sites for hydroxylation is 1. The molecule has 6 heteroatoms. The number of halogens is 1. The second-order valence-electron chi connectivity index (χ2n) is 6.61. The van der Waals surface area contributed by atoms with E-state index in [-0.39, 0.29) is 5.91 Å². The lowest BCUT2D eigenvalue weighted by atomic mass is 10.1. The van der Waals surface area contributed by atoms with Crippen LogP contribution in [0, 0.1) is 0 Å². The SMILES string of the molecule is CNC(=O)Cc1ccc(Nc2cc(-c3ccc(Cl)s3)nc3c2CCC3)cc1. The van der Waals surface area contributed by atoms with E-state index in [1.165, 1.54) is 11.3 Å². The Morgan fingerprint density at radius 2 is 2.00 bits per heavy atom.